The minimum atomic E-state index is 0.473. The first-order chi connectivity index (χ1) is 8.88. The molecule has 3 nitrogen and oxygen atoms in total. The first kappa shape index (κ1) is 12.7. The average Bonchev–Trinajstić information content (AvgIpc) is 2.91. The summed E-state index contributed by atoms with van der Waals surface area (Å²) in [4.78, 5) is 0. The summed E-state index contributed by atoms with van der Waals surface area (Å²) in [6.45, 7) is 4.60. The van der Waals surface area contributed by atoms with E-state index in [0.29, 0.717) is 6.61 Å². The molecule has 0 unspecified atom stereocenters. The van der Waals surface area contributed by atoms with Gasteiger partial charge in [0.15, 0.2) is 0 Å². The van der Waals surface area contributed by atoms with E-state index in [9.17, 15) is 0 Å². The summed E-state index contributed by atoms with van der Waals surface area (Å²) >= 11 is 0. The van der Waals surface area contributed by atoms with Crippen molar-refractivity contribution in [1.29, 1.82) is 0 Å². The highest BCUT2D eigenvalue weighted by atomic mass is 16.5. The standard InChI is InChI=1S/C15H19NO2/c1-2-9-16-11-13-5-7-14(8-6-13)18-12-15-4-3-10-17-15/h3-8,10,16H,2,9,11-12H2,1H3. The predicted molar refractivity (Wildman–Crippen MR) is 71.5 cm³/mol. The zero-order valence-corrected chi connectivity index (χ0v) is 10.7. The molecule has 0 aliphatic rings. The lowest BCUT2D eigenvalue weighted by molar-refractivity contribution is 0.270. The maximum atomic E-state index is 5.62. The number of hydrogen-bond acceptors (Lipinski definition) is 3. The number of nitrogens with one attached hydrogen (secondary N) is 1. The van der Waals surface area contributed by atoms with E-state index in [1.165, 1.54) is 5.56 Å². The Labute approximate surface area is 108 Å². The van der Waals surface area contributed by atoms with Crippen LogP contribution in [0.15, 0.2) is 47.1 Å². The van der Waals surface area contributed by atoms with Crippen LogP contribution in [0.2, 0.25) is 0 Å². The van der Waals surface area contributed by atoms with Crippen molar-refractivity contribution in [3.05, 3.63) is 54.0 Å². The van der Waals surface area contributed by atoms with Crippen LogP contribution in [0.5, 0.6) is 5.75 Å². The predicted octanol–water partition coefficient (Wildman–Crippen LogP) is 3.36. The maximum Gasteiger partial charge on any atom is 0.146 e. The van der Waals surface area contributed by atoms with Gasteiger partial charge in [0, 0.05) is 6.54 Å². The highest BCUT2D eigenvalue weighted by Gasteiger charge is 1.98. The highest BCUT2D eigenvalue weighted by Crippen LogP contribution is 2.14. The Bertz CT molecular complexity index is 434. The minimum Gasteiger partial charge on any atom is -0.486 e. The fraction of sp³-hybridized carbons (Fsp3) is 0.333. The van der Waals surface area contributed by atoms with E-state index < -0.39 is 0 Å². The SMILES string of the molecule is CCCNCc1ccc(OCc2ccco2)cc1. The lowest BCUT2D eigenvalue weighted by Crippen LogP contribution is -2.13. The number of benzene rings is 1. The largest absolute Gasteiger partial charge is 0.486 e. The molecule has 0 saturated carbocycles. The summed E-state index contributed by atoms with van der Waals surface area (Å²) in [5, 5.41) is 3.37. The Balaban J connectivity index is 1.80. The van der Waals surface area contributed by atoms with Gasteiger partial charge in [0.05, 0.1) is 6.26 Å². The second-order valence-electron chi connectivity index (χ2n) is 4.19. The van der Waals surface area contributed by atoms with Gasteiger partial charge in [-0.1, -0.05) is 19.1 Å². The van der Waals surface area contributed by atoms with Crippen LogP contribution in [0.25, 0.3) is 0 Å². The van der Waals surface area contributed by atoms with Crippen LogP contribution in [0, 0.1) is 0 Å². The van der Waals surface area contributed by atoms with E-state index in [2.05, 4.69) is 24.4 Å². The van der Waals surface area contributed by atoms with Crippen molar-refractivity contribution in [2.75, 3.05) is 6.54 Å². The molecule has 0 saturated heterocycles. The number of hydrogen-bond donors (Lipinski definition) is 1. The van der Waals surface area contributed by atoms with Crippen molar-refractivity contribution in [1.82, 2.24) is 5.32 Å². The van der Waals surface area contributed by atoms with Gasteiger partial charge in [0.1, 0.15) is 18.1 Å². The minimum absolute atomic E-state index is 0.473. The molecule has 96 valence electrons. The van der Waals surface area contributed by atoms with Gasteiger partial charge in [0.2, 0.25) is 0 Å². The molecule has 1 heterocycles. The number of furan rings is 1. The van der Waals surface area contributed by atoms with E-state index in [-0.39, 0.29) is 0 Å². The van der Waals surface area contributed by atoms with Crippen LogP contribution in [0.4, 0.5) is 0 Å². The van der Waals surface area contributed by atoms with Gasteiger partial charge in [-0.3, -0.25) is 0 Å². The van der Waals surface area contributed by atoms with Crippen LogP contribution < -0.4 is 10.1 Å². The van der Waals surface area contributed by atoms with Crippen molar-refractivity contribution < 1.29 is 9.15 Å². The quantitative estimate of drug-likeness (QED) is 0.759. The van der Waals surface area contributed by atoms with Crippen molar-refractivity contribution in [3.63, 3.8) is 0 Å². The molecule has 1 aromatic heterocycles. The first-order valence-corrected chi connectivity index (χ1v) is 6.33. The van der Waals surface area contributed by atoms with Gasteiger partial charge in [0.25, 0.3) is 0 Å². The van der Waals surface area contributed by atoms with Crippen LogP contribution >= 0.6 is 0 Å². The van der Waals surface area contributed by atoms with Crippen LogP contribution in [0.1, 0.15) is 24.7 Å². The third-order valence-corrected chi connectivity index (χ3v) is 2.64. The Kier molecular flexibility index (Phi) is 4.85. The maximum absolute atomic E-state index is 5.62. The fourth-order valence-electron chi connectivity index (χ4n) is 1.66. The summed E-state index contributed by atoms with van der Waals surface area (Å²) in [6, 6.07) is 11.9. The highest BCUT2D eigenvalue weighted by molar-refractivity contribution is 5.27. The topological polar surface area (TPSA) is 34.4 Å². The molecule has 2 rings (SSSR count). The van der Waals surface area contributed by atoms with Crippen molar-refractivity contribution >= 4 is 0 Å². The summed E-state index contributed by atoms with van der Waals surface area (Å²) in [5.74, 6) is 1.70. The van der Waals surface area contributed by atoms with Crippen molar-refractivity contribution in [2.24, 2.45) is 0 Å². The lowest BCUT2D eigenvalue weighted by Gasteiger charge is -2.06. The molecule has 18 heavy (non-hydrogen) atoms. The fourth-order valence-corrected chi connectivity index (χ4v) is 1.66. The van der Waals surface area contributed by atoms with Gasteiger partial charge in [-0.2, -0.15) is 0 Å². The normalized spacial score (nSPS) is 10.5. The molecule has 0 amide bonds. The molecular formula is C15H19NO2. The van der Waals surface area contributed by atoms with E-state index in [4.69, 9.17) is 9.15 Å². The second kappa shape index (κ2) is 6.87. The van der Waals surface area contributed by atoms with E-state index in [1.54, 1.807) is 6.26 Å². The van der Waals surface area contributed by atoms with E-state index in [0.717, 1.165) is 31.0 Å². The Morgan fingerprint density at radius 2 is 2.00 bits per heavy atom. The monoisotopic (exact) mass is 245 g/mol. The van der Waals surface area contributed by atoms with Gasteiger partial charge in [-0.25, -0.2) is 0 Å². The number of ether oxygens (including phenoxy) is 1. The third kappa shape index (κ3) is 3.93. The molecule has 1 N–H and O–H groups in total. The molecule has 0 aliphatic heterocycles. The Morgan fingerprint density at radius 1 is 1.17 bits per heavy atom. The molecule has 0 bridgehead atoms. The van der Waals surface area contributed by atoms with Crippen molar-refractivity contribution in [2.45, 2.75) is 26.5 Å². The molecule has 0 fully saturated rings. The van der Waals surface area contributed by atoms with Gasteiger partial charge < -0.3 is 14.5 Å². The van der Waals surface area contributed by atoms with Crippen molar-refractivity contribution in [3.8, 4) is 5.75 Å². The third-order valence-electron chi connectivity index (χ3n) is 2.64. The summed E-state index contributed by atoms with van der Waals surface area (Å²) in [6.07, 6.45) is 2.81. The van der Waals surface area contributed by atoms with E-state index in [1.807, 2.05) is 24.3 Å². The smallest absolute Gasteiger partial charge is 0.146 e. The number of rotatable bonds is 7. The molecular weight excluding hydrogens is 226 g/mol. The molecule has 2 aromatic rings. The van der Waals surface area contributed by atoms with Gasteiger partial charge in [-0.05, 0) is 42.8 Å². The molecule has 3 heteroatoms. The van der Waals surface area contributed by atoms with E-state index >= 15 is 0 Å². The zero-order valence-electron chi connectivity index (χ0n) is 10.7. The van der Waals surface area contributed by atoms with Gasteiger partial charge >= 0.3 is 0 Å². The van der Waals surface area contributed by atoms with Crippen LogP contribution in [0.3, 0.4) is 0 Å². The molecule has 0 atom stereocenters. The molecule has 0 radical (unpaired) electrons. The van der Waals surface area contributed by atoms with Crippen LogP contribution in [-0.2, 0) is 13.2 Å². The summed E-state index contributed by atoms with van der Waals surface area (Å²) in [5.41, 5.74) is 1.27. The Morgan fingerprint density at radius 3 is 2.67 bits per heavy atom. The summed E-state index contributed by atoms with van der Waals surface area (Å²) in [7, 11) is 0. The molecule has 0 aliphatic carbocycles. The zero-order chi connectivity index (χ0) is 12.6. The second-order valence-corrected chi connectivity index (χ2v) is 4.19. The average molecular weight is 245 g/mol. The first-order valence-electron chi connectivity index (χ1n) is 6.33. The molecule has 1 aromatic carbocycles. The molecule has 0 spiro atoms. The Hall–Kier alpha value is -1.74. The lowest BCUT2D eigenvalue weighted by atomic mass is 10.2. The summed E-state index contributed by atoms with van der Waals surface area (Å²) < 4.78 is 10.8. The van der Waals surface area contributed by atoms with Gasteiger partial charge in [-0.15, -0.1) is 0 Å². The van der Waals surface area contributed by atoms with Crippen LogP contribution in [-0.4, -0.2) is 6.54 Å².